The molecular formula is C33H39N3O8. The van der Waals surface area contributed by atoms with Crippen molar-refractivity contribution in [1.29, 1.82) is 0 Å². The van der Waals surface area contributed by atoms with Crippen molar-refractivity contribution in [3.05, 3.63) is 71.4 Å². The van der Waals surface area contributed by atoms with E-state index in [1.165, 1.54) is 0 Å². The molecule has 1 aromatic heterocycles. The highest BCUT2D eigenvalue weighted by molar-refractivity contribution is 6.01. The number of carbonyl (C=O) groups is 4. The third-order valence-electron chi connectivity index (χ3n) is 7.91. The zero-order chi connectivity index (χ0) is 32.0. The number of methoxy groups -OCH3 is 1. The van der Waals surface area contributed by atoms with E-state index in [1.807, 2.05) is 44.2 Å². The molecule has 1 fully saturated rings. The molecule has 44 heavy (non-hydrogen) atoms. The van der Waals surface area contributed by atoms with Gasteiger partial charge in [-0.15, -0.1) is 0 Å². The van der Waals surface area contributed by atoms with E-state index in [-0.39, 0.29) is 11.7 Å². The summed E-state index contributed by atoms with van der Waals surface area (Å²) in [5.74, 6) is -0.979. The molecule has 11 heteroatoms. The van der Waals surface area contributed by atoms with Crippen LogP contribution in [0.4, 0.5) is 0 Å². The number of fused-ring (bicyclic) bond motifs is 2. The van der Waals surface area contributed by atoms with E-state index in [0.29, 0.717) is 41.5 Å². The van der Waals surface area contributed by atoms with E-state index in [0.717, 1.165) is 61.1 Å². The average Bonchev–Trinajstić information content (AvgIpc) is 3.42. The quantitative estimate of drug-likeness (QED) is 0.319. The van der Waals surface area contributed by atoms with Crippen molar-refractivity contribution in [2.24, 2.45) is 0 Å². The summed E-state index contributed by atoms with van der Waals surface area (Å²) in [6.45, 7) is 6.78. The number of amides is 1. The fraction of sp³-hybridized carbons (Fsp3) is 0.394. The van der Waals surface area contributed by atoms with Crippen LogP contribution < -0.4 is 14.8 Å². The van der Waals surface area contributed by atoms with E-state index in [2.05, 4.69) is 27.0 Å². The van der Waals surface area contributed by atoms with E-state index in [4.69, 9.17) is 19.7 Å². The van der Waals surface area contributed by atoms with Gasteiger partial charge in [0, 0.05) is 67.7 Å². The number of ether oxygens (including phenoxy) is 2. The standard InChI is InChI=1S/C29H35N3O4.C4H4O4/c1-29(2)18-25(33)22-7-8-26(35-4)23(27(22)36-29)12-15-31-13-10-21(11-14-31)32-16-9-19-5-6-20(17-24(19)32)28(34)30-3;5-3(6)1-2-4(7)8/h5-9,16-17,21H,10-15,18H2,1-4H3,(H,30,34);1-2H,(H,5,6)(H,7,8). The SMILES string of the molecule is CNC(=O)c1ccc2ccn(C3CCN(CCc4c(OC)ccc5c4OC(C)(C)CC5=O)CC3)c2c1.O=C(O)C=CC(=O)O. The van der Waals surface area contributed by atoms with Crippen LogP contribution in [0.5, 0.6) is 11.5 Å². The van der Waals surface area contributed by atoms with Crippen LogP contribution in [0.15, 0.2) is 54.7 Å². The van der Waals surface area contributed by atoms with Crippen molar-refractivity contribution < 1.29 is 38.9 Å². The van der Waals surface area contributed by atoms with E-state index in [9.17, 15) is 19.2 Å². The number of piperidine rings is 1. The number of carboxylic acid groups (broad SMARTS) is 2. The van der Waals surface area contributed by atoms with Gasteiger partial charge in [-0.2, -0.15) is 0 Å². The molecule has 2 aliphatic rings. The molecule has 234 valence electrons. The molecule has 0 atom stereocenters. The topological polar surface area (TPSA) is 147 Å². The molecule has 0 unspecified atom stereocenters. The molecule has 0 saturated carbocycles. The molecule has 2 aliphatic heterocycles. The number of ketones is 1. The predicted molar refractivity (Wildman–Crippen MR) is 165 cm³/mol. The molecule has 1 saturated heterocycles. The summed E-state index contributed by atoms with van der Waals surface area (Å²) in [5.41, 5.74) is 2.93. The molecule has 3 aromatic rings. The third kappa shape index (κ3) is 7.65. The molecule has 0 aliphatic carbocycles. The number of aliphatic carboxylic acids is 2. The number of benzene rings is 2. The van der Waals surface area contributed by atoms with Crippen LogP contribution in [0.1, 0.15) is 65.4 Å². The first-order valence-electron chi connectivity index (χ1n) is 14.5. The molecule has 1 amide bonds. The Hall–Kier alpha value is -4.64. The lowest BCUT2D eigenvalue weighted by Crippen LogP contribution is -2.37. The Morgan fingerprint density at radius 2 is 1.75 bits per heavy atom. The maximum absolute atomic E-state index is 12.7. The van der Waals surface area contributed by atoms with Gasteiger partial charge in [-0.1, -0.05) is 6.07 Å². The molecular weight excluding hydrogens is 566 g/mol. The number of carboxylic acids is 2. The van der Waals surface area contributed by atoms with E-state index >= 15 is 0 Å². The first kappa shape index (κ1) is 32.3. The summed E-state index contributed by atoms with van der Waals surface area (Å²) < 4.78 is 14.3. The molecule has 11 nitrogen and oxygen atoms in total. The van der Waals surface area contributed by atoms with Gasteiger partial charge in [-0.05, 0) is 68.8 Å². The first-order valence-corrected chi connectivity index (χ1v) is 14.5. The Kier molecular flexibility index (Phi) is 10.1. The second-order valence-corrected chi connectivity index (χ2v) is 11.5. The summed E-state index contributed by atoms with van der Waals surface area (Å²) >= 11 is 0. The Labute approximate surface area is 256 Å². The van der Waals surface area contributed by atoms with Gasteiger partial charge >= 0.3 is 11.9 Å². The number of Topliss-reactive ketones (excluding diaryl/α,β-unsaturated/α-hetero) is 1. The Morgan fingerprint density at radius 1 is 1.07 bits per heavy atom. The second kappa shape index (κ2) is 13.8. The van der Waals surface area contributed by atoms with Gasteiger partial charge in [-0.3, -0.25) is 9.59 Å². The number of rotatable bonds is 8. The molecule has 3 N–H and O–H groups in total. The first-order chi connectivity index (χ1) is 20.9. The monoisotopic (exact) mass is 605 g/mol. The lowest BCUT2D eigenvalue weighted by molar-refractivity contribution is -0.134. The third-order valence-corrected chi connectivity index (χ3v) is 7.91. The maximum Gasteiger partial charge on any atom is 0.328 e. The highest BCUT2D eigenvalue weighted by Crippen LogP contribution is 2.40. The van der Waals surface area contributed by atoms with Crippen molar-refractivity contribution in [2.45, 2.75) is 51.2 Å². The van der Waals surface area contributed by atoms with Gasteiger partial charge < -0.3 is 34.5 Å². The van der Waals surface area contributed by atoms with Gasteiger partial charge in [0.05, 0.1) is 19.1 Å². The van der Waals surface area contributed by atoms with Crippen LogP contribution in [0.2, 0.25) is 0 Å². The van der Waals surface area contributed by atoms with Crippen molar-refractivity contribution in [3.63, 3.8) is 0 Å². The summed E-state index contributed by atoms with van der Waals surface area (Å²) in [7, 11) is 3.33. The largest absolute Gasteiger partial charge is 0.496 e. The van der Waals surface area contributed by atoms with Crippen molar-refractivity contribution in [1.82, 2.24) is 14.8 Å². The van der Waals surface area contributed by atoms with E-state index in [1.54, 1.807) is 14.2 Å². The molecule has 0 bridgehead atoms. The van der Waals surface area contributed by atoms with Crippen molar-refractivity contribution in [3.8, 4) is 11.5 Å². The number of nitrogens with one attached hydrogen (secondary N) is 1. The Morgan fingerprint density at radius 3 is 2.36 bits per heavy atom. The lowest BCUT2D eigenvalue weighted by atomic mass is 9.90. The zero-order valence-corrected chi connectivity index (χ0v) is 25.5. The number of carbonyl (C=O) groups excluding carboxylic acids is 2. The van der Waals surface area contributed by atoms with Crippen LogP contribution in [0, 0.1) is 0 Å². The van der Waals surface area contributed by atoms with Gasteiger partial charge in [0.25, 0.3) is 5.91 Å². The molecule has 0 spiro atoms. The number of aromatic nitrogens is 1. The lowest BCUT2D eigenvalue weighted by Gasteiger charge is -2.35. The van der Waals surface area contributed by atoms with Crippen LogP contribution in [-0.4, -0.2) is 82.7 Å². The Bertz CT molecular complexity index is 1570. The number of hydrogen-bond donors (Lipinski definition) is 3. The molecule has 2 aromatic carbocycles. The second-order valence-electron chi connectivity index (χ2n) is 11.5. The van der Waals surface area contributed by atoms with Crippen molar-refractivity contribution >= 4 is 34.5 Å². The van der Waals surface area contributed by atoms with Crippen LogP contribution in [-0.2, 0) is 16.0 Å². The Balaban J connectivity index is 0.000000488. The summed E-state index contributed by atoms with van der Waals surface area (Å²) in [6.07, 6.45) is 6.50. The average molecular weight is 606 g/mol. The van der Waals surface area contributed by atoms with Crippen molar-refractivity contribution in [2.75, 3.05) is 33.8 Å². The highest BCUT2D eigenvalue weighted by Gasteiger charge is 2.35. The number of likely N-dealkylation sites (tertiary alicyclic amines) is 1. The smallest absolute Gasteiger partial charge is 0.328 e. The van der Waals surface area contributed by atoms with Crippen LogP contribution in [0.3, 0.4) is 0 Å². The van der Waals surface area contributed by atoms with Gasteiger partial charge in [-0.25, -0.2) is 9.59 Å². The van der Waals surface area contributed by atoms with Gasteiger partial charge in [0.1, 0.15) is 17.1 Å². The minimum atomic E-state index is -1.26. The van der Waals surface area contributed by atoms with Gasteiger partial charge in [0.15, 0.2) is 5.78 Å². The zero-order valence-electron chi connectivity index (χ0n) is 25.5. The summed E-state index contributed by atoms with van der Waals surface area (Å²) in [4.78, 5) is 46.4. The predicted octanol–water partition coefficient (Wildman–Crippen LogP) is 4.34. The molecule has 0 radical (unpaired) electrons. The number of nitrogens with zero attached hydrogens (tertiary/aromatic N) is 2. The molecule has 3 heterocycles. The minimum Gasteiger partial charge on any atom is -0.496 e. The minimum absolute atomic E-state index is 0.0629. The van der Waals surface area contributed by atoms with E-state index < -0.39 is 17.5 Å². The summed E-state index contributed by atoms with van der Waals surface area (Å²) in [6, 6.07) is 12.1. The summed E-state index contributed by atoms with van der Waals surface area (Å²) in [5, 5.41) is 19.5. The number of hydrogen-bond acceptors (Lipinski definition) is 7. The maximum atomic E-state index is 12.7. The molecule has 5 rings (SSSR count). The van der Waals surface area contributed by atoms with Gasteiger partial charge in [0.2, 0.25) is 0 Å². The normalized spacial score (nSPS) is 16.5. The highest BCUT2D eigenvalue weighted by atomic mass is 16.5. The van der Waals surface area contributed by atoms with Crippen LogP contribution >= 0.6 is 0 Å². The van der Waals surface area contributed by atoms with Crippen LogP contribution in [0.25, 0.3) is 10.9 Å². The fourth-order valence-electron chi connectivity index (χ4n) is 5.75. The fourth-order valence-corrected chi connectivity index (χ4v) is 5.75.